The summed E-state index contributed by atoms with van der Waals surface area (Å²) in [4.78, 5) is 11.3. The molecule has 1 aromatic carbocycles. The number of benzene rings is 1. The molecule has 0 radical (unpaired) electrons. The van der Waals surface area contributed by atoms with Gasteiger partial charge in [0.15, 0.2) is 0 Å². The van der Waals surface area contributed by atoms with Crippen molar-refractivity contribution in [1.29, 1.82) is 0 Å². The summed E-state index contributed by atoms with van der Waals surface area (Å²) in [6.45, 7) is 1.31. The van der Waals surface area contributed by atoms with Crippen LogP contribution in [0.25, 0.3) is 0 Å². The number of hydrogen-bond acceptors (Lipinski definition) is 4. The summed E-state index contributed by atoms with van der Waals surface area (Å²) >= 11 is 0. The summed E-state index contributed by atoms with van der Waals surface area (Å²) in [6.07, 6.45) is 1.20. The second kappa shape index (κ2) is 8.49. The minimum Gasteiger partial charge on any atom is -0.445 e. The van der Waals surface area contributed by atoms with Crippen molar-refractivity contribution in [3.8, 4) is 0 Å². The highest BCUT2D eigenvalue weighted by molar-refractivity contribution is 5.67. The van der Waals surface area contributed by atoms with Crippen molar-refractivity contribution in [2.75, 3.05) is 13.1 Å². The number of hydrogen-bond donors (Lipinski definition) is 3. The van der Waals surface area contributed by atoms with Gasteiger partial charge in [0.2, 0.25) is 0 Å². The average Bonchev–Trinajstić information content (AvgIpc) is 2.42. The first-order valence-electron chi connectivity index (χ1n) is 6.12. The Bertz CT molecular complexity index is 343. The zero-order chi connectivity index (χ0) is 13.2. The van der Waals surface area contributed by atoms with Crippen molar-refractivity contribution in [3.63, 3.8) is 0 Å². The van der Waals surface area contributed by atoms with Crippen LogP contribution in [0.2, 0.25) is 0 Å². The van der Waals surface area contributed by atoms with E-state index in [1.54, 1.807) is 0 Å². The van der Waals surface area contributed by atoms with Crippen LogP contribution in [0.3, 0.4) is 0 Å². The third kappa shape index (κ3) is 6.22. The Labute approximate surface area is 107 Å². The van der Waals surface area contributed by atoms with E-state index in [-0.39, 0.29) is 12.6 Å². The van der Waals surface area contributed by atoms with E-state index in [2.05, 4.69) is 5.32 Å². The molecule has 0 fully saturated rings. The van der Waals surface area contributed by atoms with E-state index in [0.29, 0.717) is 13.1 Å². The lowest BCUT2D eigenvalue weighted by atomic mass is 10.2. The van der Waals surface area contributed by atoms with Crippen molar-refractivity contribution >= 4 is 6.09 Å². The summed E-state index contributed by atoms with van der Waals surface area (Å²) in [7, 11) is 0. The molecule has 0 aliphatic carbocycles. The number of alkyl carbamates (subject to hydrolysis) is 1. The topological polar surface area (TPSA) is 90.4 Å². The van der Waals surface area contributed by atoms with Crippen LogP contribution in [0.4, 0.5) is 4.79 Å². The maximum absolute atomic E-state index is 11.3. The van der Waals surface area contributed by atoms with Crippen LogP contribution in [0, 0.1) is 0 Å². The molecule has 18 heavy (non-hydrogen) atoms. The Morgan fingerprint density at radius 3 is 2.72 bits per heavy atom. The maximum atomic E-state index is 11.3. The zero-order valence-corrected chi connectivity index (χ0v) is 10.5. The summed E-state index contributed by atoms with van der Waals surface area (Å²) in [5.74, 6) is 0. The number of nitrogens with one attached hydrogen (secondary N) is 1. The smallest absolute Gasteiger partial charge is 0.407 e. The first-order chi connectivity index (χ1) is 8.72. The van der Waals surface area contributed by atoms with Gasteiger partial charge in [-0.2, -0.15) is 0 Å². The van der Waals surface area contributed by atoms with Crippen LogP contribution in [0.5, 0.6) is 0 Å². The normalized spacial score (nSPS) is 11.9. The number of amides is 1. The Hall–Kier alpha value is -1.59. The van der Waals surface area contributed by atoms with Gasteiger partial charge in [-0.1, -0.05) is 30.3 Å². The van der Waals surface area contributed by atoms with Gasteiger partial charge in [0.25, 0.3) is 0 Å². The second-order valence-corrected chi connectivity index (χ2v) is 4.13. The van der Waals surface area contributed by atoms with Gasteiger partial charge in [-0.3, -0.25) is 0 Å². The van der Waals surface area contributed by atoms with Crippen LogP contribution < -0.4 is 16.8 Å². The van der Waals surface area contributed by atoms with Gasteiger partial charge in [-0.25, -0.2) is 4.79 Å². The van der Waals surface area contributed by atoms with Gasteiger partial charge in [-0.05, 0) is 18.4 Å². The van der Waals surface area contributed by atoms with E-state index in [4.69, 9.17) is 16.2 Å². The molecule has 1 atom stereocenters. The zero-order valence-electron chi connectivity index (χ0n) is 10.5. The third-order valence-electron chi connectivity index (χ3n) is 2.54. The molecular weight excluding hydrogens is 230 g/mol. The predicted molar refractivity (Wildman–Crippen MR) is 70.9 cm³/mol. The lowest BCUT2D eigenvalue weighted by Gasteiger charge is -2.09. The highest BCUT2D eigenvalue weighted by atomic mass is 16.5. The van der Waals surface area contributed by atoms with E-state index < -0.39 is 6.09 Å². The Morgan fingerprint density at radius 2 is 2.06 bits per heavy atom. The lowest BCUT2D eigenvalue weighted by Crippen LogP contribution is -2.31. The molecule has 5 N–H and O–H groups in total. The summed E-state index contributed by atoms with van der Waals surface area (Å²) < 4.78 is 5.06. The highest BCUT2D eigenvalue weighted by Gasteiger charge is 2.03. The number of ether oxygens (including phenoxy) is 1. The van der Waals surface area contributed by atoms with Gasteiger partial charge in [0, 0.05) is 19.1 Å². The van der Waals surface area contributed by atoms with Crippen molar-refractivity contribution in [2.24, 2.45) is 11.5 Å². The number of carbonyl (C=O) groups is 1. The van der Waals surface area contributed by atoms with E-state index in [1.165, 1.54) is 0 Å². The molecule has 0 bridgehead atoms. The molecule has 5 nitrogen and oxygen atoms in total. The van der Waals surface area contributed by atoms with Gasteiger partial charge in [0.1, 0.15) is 6.61 Å². The molecule has 0 unspecified atom stereocenters. The van der Waals surface area contributed by atoms with Gasteiger partial charge >= 0.3 is 6.09 Å². The van der Waals surface area contributed by atoms with Crippen molar-refractivity contribution in [3.05, 3.63) is 35.9 Å². The molecule has 0 aliphatic heterocycles. The summed E-state index contributed by atoms with van der Waals surface area (Å²) in [5, 5.41) is 2.67. The van der Waals surface area contributed by atoms with Gasteiger partial charge in [-0.15, -0.1) is 0 Å². The van der Waals surface area contributed by atoms with E-state index in [9.17, 15) is 4.79 Å². The summed E-state index contributed by atoms with van der Waals surface area (Å²) in [5.41, 5.74) is 12.0. The van der Waals surface area contributed by atoms with Crippen molar-refractivity contribution in [2.45, 2.75) is 25.5 Å². The number of rotatable bonds is 7. The van der Waals surface area contributed by atoms with Crippen LogP contribution in [-0.2, 0) is 11.3 Å². The molecule has 0 saturated carbocycles. The lowest BCUT2D eigenvalue weighted by molar-refractivity contribution is 0.139. The second-order valence-electron chi connectivity index (χ2n) is 4.13. The first kappa shape index (κ1) is 14.5. The largest absolute Gasteiger partial charge is 0.445 e. The van der Waals surface area contributed by atoms with Gasteiger partial charge in [0.05, 0.1) is 0 Å². The molecule has 0 aromatic heterocycles. The van der Waals surface area contributed by atoms with E-state index >= 15 is 0 Å². The highest BCUT2D eigenvalue weighted by Crippen LogP contribution is 2.00. The van der Waals surface area contributed by atoms with Crippen molar-refractivity contribution in [1.82, 2.24) is 5.32 Å². The van der Waals surface area contributed by atoms with Crippen LogP contribution >= 0.6 is 0 Å². The molecule has 0 heterocycles. The van der Waals surface area contributed by atoms with Crippen LogP contribution in [0.15, 0.2) is 30.3 Å². The number of carbonyl (C=O) groups excluding carboxylic acids is 1. The fraction of sp³-hybridized carbons (Fsp3) is 0.462. The monoisotopic (exact) mass is 251 g/mol. The molecule has 0 saturated heterocycles. The van der Waals surface area contributed by atoms with Gasteiger partial charge < -0.3 is 21.5 Å². The molecular formula is C13H21N3O2. The Balaban J connectivity index is 2.07. The molecule has 0 spiro atoms. The SMILES string of the molecule is NC[C@H](N)CCCNC(=O)OCc1ccccc1. The predicted octanol–water partition coefficient (Wildman–Crippen LogP) is 0.979. The fourth-order valence-electron chi connectivity index (χ4n) is 1.45. The molecule has 0 aliphatic rings. The average molecular weight is 251 g/mol. The fourth-order valence-corrected chi connectivity index (χ4v) is 1.45. The first-order valence-corrected chi connectivity index (χ1v) is 6.12. The minimum absolute atomic E-state index is 0.00661. The molecule has 100 valence electrons. The Kier molecular flexibility index (Phi) is 6.83. The van der Waals surface area contributed by atoms with E-state index in [1.807, 2.05) is 30.3 Å². The van der Waals surface area contributed by atoms with Crippen molar-refractivity contribution < 1.29 is 9.53 Å². The standard InChI is InChI=1S/C13H21N3O2/c14-9-12(15)7-4-8-16-13(17)18-10-11-5-2-1-3-6-11/h1-3,5-6,12H,4,7-10,14-15H2,(H,16,17)/t12-/m1/s1. The molecule has 1 aromatic rings. The number of nitrogens with two attached hydrogens (primary N) is 2. The van der Waals surface area contributed by atoms with Crippen LogP contribution in [0.1, 0.15) is 18.4 Å². The summed E-state index contributed by atoms with van der Waals surface area (Å²) in [6, 6.07) is 9.56. The molecule has 5 heteroatoms. The maximum Gasteiger partial charge on any atom is 0.407 e. The minimum atomic E-state index is -0.403. The molecule has 1 rings (SSSR count). The molecule has 1 amide bonds. The Morgan fingerprint density at radius 1 is 1.33 bits per heavy atom. The third-order valence-corrected chi connectivity index (χ3v) is 2.54. The van der Waals surface area contributed by atoms with Crippen LogP contribution in [-0.4, -0.2) is 25.2 Å². The van der Waals surface area contributed by atoms with E-state index in [0.717, 1.165) is 18.4 Å². The quantitative estimate of drug-likeness (QED) is 0.630.